The maximum Gasteiger partial charge on any atom is 0.265 e. The average molecular weight is 1900 g/mol. The van der Waals surface area contributed by atoms with Crippen LogP contribution < -0.4 is 63.8 Å². The van der Waals surface area contributed by atoms with Crippen molar-refractivity contribution < 1.29 is 187 Å². The number of oxime groups is 4. The van der Waals surface area contributed by atoms with Crippen LogP contribution in [-0.2, 0) is 105 Å². The molecule has 0 spiro atoms. The summed E-state index contributed by atoms with van der Waals surface area (Å²) in [5.74, 6) is -13.0. The second-order valence-corrected chi connectivity index (χ2v) is 31.9. The number of hydrogen-bond acceptors (Lipinski definition) is 42. The Morgan fingerprint density at radius 3 is 0.864 bits per heavy atom. The van der Waals surface area contributed by atoms with Crippen molar-refractivity contribution in [3.8, 4) is 0 Å². The molecule has 56 heteroatoms. The first-order chi connectivity index (χ1) is 62.9. The van der Waals surface area contributed by atoms with Gasteiger partial charge in [0.1, 0.15) is 171 Å². The Balaban J connectivity index is 1.10. The SMILES string of the molecule is C[C@@H]1NC(=O)[C@H](CCCCNC(=O)/C=N/O[C@H]2O[C@H](CO)[C@@H](O)[C@H](O)[C@@H]2O)NC(=O)CNC(=O)[C@@H]2CCCN2C(=O)[C@H](CCCCNC(=O)/C=N/O[C@H]2O[C@H](CO)[C@@H](O)[C@H](O)[C@@H]2O)NC(=O)[C@H](C)NC(=O)[C@H](CCCCNC(=O)/C=N/O[C@H]2O[C@H](CO)[C@@H](O)[C@H](O)[C@@H]2O)NC(=O)CNC(=O)[C@@H]2CCCN2C(=O)[C@H](CCCCNC(=O)/C=N/O[C@H]2O[C@H](CO)[C@@H](O)[C@H](O)[C@@H]2O)NC1=O. The fraction of sp³-hybridized carbons (Fsp3) is 0.763. The molecule has 0 saturated carbocycles. The molecule has 0 aliphatic carbocycles. The molecule has 0 aromatic rings. The van der Waals surface area contributed by atoms with Crippen LogP contribution in [0.1, 0.15) is 117 Å². The first-order valence-electron chi connectivity index (χ1n) is 43.0. The van der Waals surface area contributed by atoms with E-state index in [1.54, 1.807) is 0 Å². The van der Waals surface area contributed by atoms with Crippen molar-refractivity contribution in [3.63, 3.8) is 0 Å². The standard InChI is InChI=1S/C76H122N18O38/c1-35-65(117)91-39(15-5-9-21-79-49(101)29-85-131-75-63(115)59(111)55(107)45(33-97)127-75)71(123)93-23-11-17-41(93)69(121)82-26-52(104)90-38(14-4-8-20-78-48(100)28-84-130-74-62(114)58(110)54(106)44(32-96)126-74)68(120)88-36(2)66(118)92-40(16-6-10-22-80-50(102)30-86-132-76-64(116)60(112)56(108)46(34-98)128-76)72(124)94-24-12-18-42(94)70(122)81-25-51(103)89-37(67(119)87-35)13-3-7-19-77-47(99)27-83-129-73-61(113)57(109)53(105)43(31-95)125-73/h27-30,35-46,53-64,73-76,95-98,105-116H,3-26,31-34H2,1-2H3,(H,77,99)(H,78,100)(H,79,101)(H,80,102)(H,81,122)(H,82,121)(H,87,119)(H,88,120)(H,89,103)(H,90,104)(H,91,117)(H,92,118)/b83-27+,84-28+,85-29+,86-30+/t35-,36-,37-,38-,39-,40-,41-,42-,43+,44+,45+,46+,53+,54+,55+,56+,57-,58-,59-,60-,61-,62-,63-,64-,73+,74+,75+,76+/m0/s1. The van der Waals surface area contributed by atoms with E-state index in [2.05, 4.69) is 84.4 Å². The predicted molar refractivity (Wildman–Crippen MR) is 439 cm³/mol. The molecule has 132 heavy (non-hydrogen) atoms. The topological polar surface area (TPSA) is 837 Å². The molecule has 0 bridgehead atoms. The van der Waals surface area contributed by atoms with Gasteiger partial charge in [0.2, 0.25) is 59.1 Å². The van der Waals surface area contributed by atoms with Gasteiger partial charge >= 0.3 is 0 Å². The third kappa shape index (κ3) is 32.5. The number of rotatable bonds is 36. The van der Waals surface area contributed by atoms with Crippen molar-refractivity contribution >= 4 is 108 Å². The highest BCUT2D eigenvalue weighted by Crippen LogP contribution is 2.28. The Hall–Kier alpha value is -10.3. The normalized spacial score (nSPS) is 33.8. The zero-order valence-corrected chi connectivity index (χ0v) is 72.1. The summed E-state index contributed by atoms with van der Waals surface area (Å²) in [6, 6.07) is -11.9. The molecule has 56 nitrogen and oxygen atoms in total. The quantitative estimate of drug-likeness (QED) is 0.0157. The Morgan fingerprint density at radius 1 is 0.348 bits per heavy atom. The maximum absolute atomic E-state index is 14.9. The first-order valence-corrected chi connectivity index (χ1v) is 43.0. The highest BCUT2D eigenvalue weighted by Gasteiger charge is 2.50. The van der Waals surface area contributed by atoms with Gasteiger partial charge in [-0.3, -0.25) is 67.1 Å². The van der Waals surface area contributed by atoms with Crippen LogP contribution in [0, 0.1) is 0 Å². The molecule has 7 aliphatic heterocycles. The lowest BCUT2D eigenvalue weighted by molar-refractivity contribution is -0.301. The number of carbonyl (C=O) groups excluding carboxylic acids is 14. The van der Waals surface area contributed by atoms with E-state index in [9.17, 15) is 149 Å². The molecule has 0 aromatic carbocycles. The number of amides is 14. The van der Waals surface area contributed by atoms with Crippen molar-refractivity contribution in [2.75, 3.05) is 78.8 Å². The predicted octanol–water partition coefficient (Wildman–Crippen LogP) is -16.5. The Kier molecular flexibility index (Phi) is 45.1. The van der Waals surface area contributed by atoms with Gasteiger partial charge in [-0.05, 0) is 117 Å². The number of carbonyl (C=O) groups is 14. The number of nitrogens with zero attached hydrogens (tertiary/aromatic N) is 6. The van der Waals surface area contributed by atoms with Crippen LogP contribution in [0.3, 0.4) is 0 Å². The van der Waals surface area contributed by atoms with Gasteiger partial charge in [-0.2, -0.15) is 0 Å². The van der Waals surface area contributed by atoms with Gasteiger partial charge in [0.05, 0.1) is 39.5 Å². The number of ether oxygens (including phenoxy) is 4. The zero-order chi connectivity index (χ0) is 97.0. The summed E-state index contributed by atoms with van der Waals surface area (Å²) in [7, 11) is 0. The van der Waals surface area contributed by atoms with Crippen LogP contribution in [0.5, 0.6) is 0 Å². The smallest absolute Gasteiger partial charge is 0.265 e. The lowest BCUT2D eigenvalue weighted by Gasteiger charge is -2.38. The summed E-state index contributed by atoms with van der Waals surface area (Å²) >= 11 is 0. The Bertz CT molecular complexity index is 3690. The third-order valence-electron chi connectivity index (χ3n) is 22.2. The van der Waals surface area contributed by atoms with Crippen molar-refractivity contribution in [2.45, 2.75) is 288 Å². The average Bonchev–Trinajstić information content (AvgIpc) is 1.80. The fourth-order valence-corrected chi connectivity index (χ4v) is 14.6. The van der Waals surface area contributed by atoms with E-state index < -0.39 is 293 Å². The highest BCUT2D eigenvalue weighted by atomic mass is 16.8. The molecule has 0 aromatic heterocycles. The molecule has 7 saturated heterocycles. The van der Waals surface area contributed by atoms with E-state index in [-0.39, 0.29) is 142 Å². The lowest BCUT2D eigenvalue weighted by Crippen LogP contribution is -2.59. The number of nitrogens with one attached hydrogen (secondary N) is 12. The largest absolute Gasteiger partial charge is 0.394 e. The summed E-state index contributed by atoms with van der Waals surface area (Å²) in [4.78, 5) is 218. The number of aliphatic hydroxyl groups is 16. The summed E-state index contributed by atoms with van der Waals surface area (Å²) in [6.07, 6.45) is -31.5. The van der Waals surface area contributed by atoms with Crippen LogP contribution >= 0.6 is 0 Å². The van der Waals surface area contributed by atoms with Crippen molar-refractivity contribution in [1.82, 2.24) is 73.6 Å². The van der Waals surface area contributed by atoms with Gasteiger partial charge in [-0.25, -0.2) is 0 Å². The number of aliphatic hydroxyl groups excluding tert-OH is 16. The lowest BCUT2D eigenvalue weighted by atomic mass is 9.99. The molecule has 28 atom stereocenters. The molecule has 14 amide bonds. The van der Waals surface area contributed by atoms with Gasteiger partial charge in [0, 0.05) is 39.3 Å². The van der Waals surface area contributed by atoms with E-state index in [1.165, 1.54) is 13.8 Å². The zero-order valence-electron chi connectivity index (χ0n) is 72.1. The van der Waals surface area contributed by atoms with Crippen LogP contribution in [0.15, 0.2) is 20.6 Å². The molecular weight excluding hydrogens is 1770 g/mol. The van der Waals surface area contributed by atoms with Gasteiger partial charge in [0.15, 0.2) is 0 Å². The van der Waals surface area contributed by atoms with Gasteiger partial charge in [-0.15, -0.1) is 0 Å². The number of unbranched alkanes of at least 4 members (excludes halogenated alkanes) is 4. The fourth-order valence-electron chi connectivity index (χ4n) is 14.6. The molecule has 0 unspecified atom stereocenters. The minimum Gasteiger partial charge on any atom is -0.394 e. The maximum atomic E-state index is 14.9. The molecular formula is C76H122N18O38. The Morgan fingerprint density at radius 2 is 0.606 bits per heavy atom. The van der Waals surface area contributed by atoms with E-state index in [4.69, 9.17) is 38.3 Å². The summed E-state index contributed by atoms with van der Waals surface area (Å²) in [6.45, 7) is -3.11. The third-order valence-corrected chi connectivity index (χ3v) is 22.2. The minimum absolute atomic E-state index is 0.00365. The van der Waals surface area contributed by atoms with Gasteiger partial charge in [-0.1, -0.05) is 20.6 Å². The monoisotopic (exact) mass is 1890 g/mol. The number of hydrogen-bond donors (Lipinski definition) is 28. The Labute approximate surface area is 752 Å². The van der Waals surface area contributed by atoms with E-state index >= 15 is 0 Å². The molecule has 0 radical (unpaired) electrons. The van der Waals surface area contributed by atoms with Crippen molar-refractivity contribution in [3.05, 3.63) is 0 Å². The van der Waals surface area contributed by atoms with Crippen molar-refractivity contribution in [1.29, 1.82) is 0 Å². The van der Waals surface area contributed by atoms with Gasteiger partial charge in [0.25, 0.3) is 48.8 Å². The van der Waals surface area contributed by atoms with Crippen LogP contribution in [0.4, 0.5) is 0 Å². The summed E-state index contributed by atoms with van der Waals surface area (Å²) in [5.41, 5.74) is 0. The molecule has 7 aliphatic rings. The van der Waals surface area contributed by atoms with Crippen molar-refractivity contribution in [2.24, 2.45) is 20.6 Å². The molecule has 7 fully saturated rings. The van der Waals surface area contributed by atoms with Crippen LogP contribution in [0.2, 0.25) is 0 Å². The molecule has 7 rings (SSSR count). The van der Waals surface area contributed by atoms with E-state index in [0.29, 0.717) is 24.9 Å². The minimum atomic E-state index is -1.85. The molecule has 744 valence electrons. The first kappa shape index (κ1) is 109. The summed E-state index contributed by atoms with van der Waals surface area (Å²) < 4.78 is 20.8. The van der Waals surface area contributed by atoms with E-state index in [0.717, 1.165) is 9.80 Å². The highest BCUT2D eigenvalue weighted by molar-refractivity contribution is 6.27. The summed E-state index contributed by atoms with van der Waals surface area (Å²) in [5, 5.41) is 204. The molecule has 28 N–H and O–H groups in total. The van der Waals surface area contributed by atoms with E-state index in [1.807, 2.05) is 0 Å². The number of fused-ring (bicyclic) bond motifs is 2. The van der Waals surface area contributed by atoms with Crippen LogP contribution in [-0.4, -0.2) is 449 Å². The second kappa shape index (κ2) is 54.7. The van der Waals surface area contributed by atoms with Gasteiger partial charge < -0.3 is 194 Å². The van der Waals surface area contributed by atoms with Crippen LogP contribution in [0.25, 0.3) is 0 Å². The molecule has 7 heterocycles. The second-order valence-electron chi connectivity index (χ2n) is 31.9.